The molecule has 1 fully saturated rings. The van der Waals surface area contributed by atoms with E-state index in [4.69, 9.17) is 10.00 Å². The summed E-state index contributed by atoms with van der Waals surface area (Å²) in [6, 6.07) is 7.28. The molecule has 0 amide bonds. The SMILES string of the molecule is N#Cc1nc(C2(C(=O)O)COC2)n2ccccc12. The molecule has 0 radical (unpaired) electrons. The molecule has 0 saturated carbocycles. The molecule has 0 unspecified atom stereocenters. The molecule has 6 nitrogen and oxygen atoms in total. The van der Waals surface area contributed by atoms with Gasteiger partial charge in [0.1, 0.15) is 11.9 Å². The Bertz CT molecular complexity index is 679. The van der Waals surface area contributed by atoms with Crippen molar-refractivity contribution in [3.05, 3.63) is 35.9 Å². The summed E-state index contributed by atoms with van der Waals surface area (Å²) >= 11 is 0. The Labute approximate surface area is 102 Å². The highest BCUT2D eigenvalue weighted by molar-refractivity contribution is 5.82. The van der Waals surface area contributed by atoms with Crippen LogP contribution in [0.2, 0.25) is 0 Å². The second-order valence-corrected chi connectivity index (χ2v) is 4.23. The highest BCUT2D eigenvalue weighted by atomic mass is 16.5. The van der Waals surface area contributed by atoms with Crippen LogP contribution in [0, 0.1) is 11.3 Å². The smallest absolute Gasteiger partial charge is 0.322 e. The molecular formula is C12H9N3O3. The third-order valence-corrected chi connectivity index (χ3v) is 3.19. The van der Waals surface area contributed by atoms with Gasteiger partial charge in [-0.2, -0.15) is 5.26 Å². The number of hydrogen-bond acceptors (Lipinski definition) is 4. The molecule has 1 aliphatic heterocycles. The van der Waals surface area contributed by atoms with E-state index in [-0.39, 0.29) is 18.9 Å². The van der Waals surface area contributed by atoms with Crippen molar-refractivity contribution in [1.29, 1.82) is 5.26 Å². The van der Waals surface area contributed by atoms with Crippen molar-refractivity contribution in [3.63, 3.8) is 0 Å². The Hall–Kier alpha value is -2.39. The van der Waals surface area contributed by atoms with E-state index < -0.39 is 11.4 Å². The van der Waals surface area contributed by atoms with E-state index in [2.05, 4.69) is 4.98 Å². The predicted molar refractivity (Wildman–Crippen MR) is 60.0 cm³/mol. The molecule has 2 aromatic rings. The molecule has 2 aromatic heterocycles. The minimum atomic E-state index is -1.14. The second kappa shape index (κ2) is 3.55. The van der Waals surface area contributed by atoms with Crippen molar-refractivity contribution >= 4 is 11.5 Å². The van der Waals surface area contributed by atoms with Crippen LogP contribution in [0.5, 0.6) is 0 Å². The van der Waals surface area contributed by atoms with Gasteiger partial charge in [0.25, 0.3) is 0 Å². The van der Waals surface area contributed by atoms with Crippen molar-refractivity contribution in [2.24, 2.45) is 0 Å². The number of nitrogens with zero attached hydrogens (tertiary/aromatic N) is 3. The quantitative estimate of drug-likeness (QED) is 0.832. The Morgan fingerprint density at radius 3 is 2.89 bits per heavy atom. The molecule has 3 heterocycles. The largest absolute Gasteiger partial charge is 0.480 e. The monoisotopic (exact) mass is 243 g/mol. The van der Waals surface area contributed by atoms with Gasteiger partial charge in [0.15, 0.2) is 11.1 Å². The standard InChI is InChI=1S/C12H9N3O3/c13-5-8-9-3-1-2-4-15(9)10(14-8)12(11(16)17)6-18-7-12/h1-4H,6-7H2,(H,16,17). The summed E-state index contributed by atoms with van der Waals surface area (Å²) in [5.41, 5.74) is -0.292. The molecule has 90 valence electrons. The normalized spacial score (nSPS) is 17.1. The number of aliphatic carboxylic acids is 1. The predicted octanol–water partition coefficient (Wildman–Crippen LogP) is 0.559. The van der Waals surface area contributed by atoms with Crippen LogP contribution < -0.4 is 0 Å². The highest BCUT2D eigenvalue weighted by Crippen LogP contribution is 2.33. The number of fused-ring (bicyclic) bond motifs is 1. The maximum atomic E-state index is 11.4. The first-order valence-corrected chi connectivity index (χ1v) is 5.38. The fraction of sp³-hybridized carbons (Fsp3) is 0.250. The van der Waals surface area contributed by atoms with Crippen LogP contribution in [0.15, 0.2) is 24.4 Å². The highest BCUT2D eigenvalue weighted by Gasteiger charge is 2.51. The Morgan fingerprint density at radius 2 is 2.33 bits per heavy atom. The van der Waals surface area contributed by atoms with Crippen LogP contribution >= 0.6 is 0 Å². The Kier molecular flexibility index (Phi) is 2.12. The first-order chi connectivity index (χ1) is 8.69. The topological polar surface area (TPSA) is 87.6 Å². The lowest BCUT2D eigenvalue weighted by Gasteiger charge is -2.35. The molecule has 0 spiro atoms. The fourth-order valence-electron chi connectivity index (χ4n) is 2.11. The number of carbonyl (C=O) groups is 1. The molecular weight excluding hydrogens is 234 g/mol. The third-order valence-electron chi connectivity index (χ3n) is 3.19. The zero-order valence-electron chi connectivity index (χ0n) is 9.33. The van der Waals surface area contributed by atoms with Gasteiger partial charge >= 0.3 is 5.97 Å². The number of ether oxygens (including phenoxy) is 1. The van der Waals surface area contributed by atoms with Crippen LogP contribution in [-0.4, -0.2) is 33.7 Å². The summed E-state index contributed by atoms with van der Waals surface area (Å²) in [6.45, 7) is 0.169. The first-order valence-electron chi connectivity index (χ1n) is 5.38. The van der Waals surface area contributed by atoms with E-state index in [1.165, 1.54) is 0 Å². The van der Waals surface area contributed by atoms with Crippen LogP contribution in [0.4, 0.5) is 0 Å². The zero-order valence-corrected chi connectivity index (χ0v) is 9.33. The zero-order chi connectivity index (χ0) is 12.8. The average Bonchev–Trinajstić information content (AvgIpc) is 2.67. The van der Waals surface area contributed by atoms with Crippen LogP contribution in [-0.2, 0) is 14.9 Å². The van der Waals surface area contributed by atoms with Gasteiger partial charge in [-0.05, 0) is 12.1 Å². The number of carboxylic acid groups (broad SMARTS) is 1. The van der Waals surface area contributed by atoms with Crippen LogP contribution in [0.3, 0.4) is 0 Å². The number of hydrogen-bond donors (Lipinski definition) is 1. The molecule has 0 aromatic carbocycles. The number of rotatable bonds is 2. The first kappa shape index (κ1) is 10.7. The lowest BCUT2D eigenvalue weighted by Crippen LogP contribution is -2.54. The van der Waals surface area contributed by atoms with Crippen molar-refractivity contribution in [1.82, 2.24) is 9.38 Å². The van der Waals surface area contributed by atoms with E-state index in [0.29, 0.717) is 11.3 Å². The van der Waals surface area contributed by atoms with Gasteiger partial charge in [-0.1, -0.05) is 6.07 Å². The molecule has 0 bridgehead atoms. The molecule has 0 atom stereocenters. The summed E-state index contributed by atoms with van der Waals surface area (Å²) in [6.07, 6.45) is 1.71. The van der Waals surface area contributed by atoms with E-state index >= 15 is 0 Å². The van der Waals surface area contributed by atoms with Crippen molar-refractivity contribution < 1.29 is 14.6 Å². The molecule has 1 N–H and O–H groups in total. The number of aromatic nitrogens is 2. The van der Waals surface area contributed by atoms with Crippen molar-refractivity contribution in [2.45, 2.75) is 5.41 Å². The van der Waals surface area contributed by atoms with Gasteiger partial charge in [-0.15, -0.1) is 0 Å². The maximum Gasteiger partial charge on any atom is 0.322 e. The lowest BCUT2D eigenvalue weighted by molar-refractivity contribution is -0.164. The number of pyridine rings is 1. The van der Waals surface area contributed by atoms with Crippen LogP contribution in [0.25, 0.3) is 5.52 Å². The Balaban J connectivity index is 2.30. The van der Waals surface area contributed by atoms with Gasteiger partial charge in [0.2, 0.25) is 0 Å². The minimum absolute atomic E-state index is 0.0845. The van der Waals surface area contributed by atoms with Gasteiger partial charge in [-0.25, -0.2) is 4.98 Å². The molecule has 6 heteroatoms. The molecule has 1 saturated heterocycles. The van der Waals surface area contributed by atoms with E-state index in [0.717, 1.165) is 0 Å². The lowest BCUT2D eigenvalue weighted by atomic mass is 9.85. The number of imidazole rings is 1. The van der Waals surface area contributed by atoms with Gasteiger partial charge < -0.3 is 14.2 Å². The third kappa shape index (κ3) is 1.19. The van der Waals surface area contributed by atoms with Crippen LogP contribution in [0.1, 0.15) is 11.5 Å². The van der Waals surface area contributed by atoms with Crippen molar-refractivity contribution in [2.75, 3.05) is 13.2 Å². The molecule has 3 rings (SSSR count). The summed E-state index contributed by atoms with van der Waals surface area (Å²) in [5, 5.41) is 18.4. The summed E-state index contributed by atoms with van der Waals surface area (Å²) < 4.78 is 6.68. The van der Waals surface area contributed by atoms with Gasteiger partial charge in [0.05, 0.1) is 18.7 Å². The summed E-state index contributed by atoms with van der Waals surface area (Å²) in [7, 11) is 0. The van der Waals surface area contributed by atoms with E-state index in [1.54, 1.807) is 28.8 Å². The Morgan fingerprint density at radius 1 is 1.56 bits per heavy atom. The molecule has 0 aliphatic carbocycles. The fourth-order valence-corrected chi connectivity index (χ4v) is 2.11. The number of carboxylic acids is 1. The maximum absolute atomic E-state index is 11.4. The molecule has 18 heavy (non-hydrogen) atoms. The molecule has 1 aliphatic rings. The summed E-state index contributed by atoms with van der Waals surface area (Å²) in [4.78, 5) is 15.6. The summed E-state index contributed by atoms with van der Waals surface area (Å²) in [5.74, 6) is -0.623. The van der Waals surface area contributed by atoms with E-state index in [1.807, 2.05) is 6.07 Å². The van der Waals surface area contributed by atoms with E-state index in [9.17, 15) is 9.90 Å². The number of nitriles is 1. The average molecular weight is 243 g/mol. The van der Waals surface area contributed by atoms with Gasteiger partial charge in [0, 0.05) is 6.20 Å². The van der Waals surface area contributed by atoms with Gasteiger partial charge in [-0.3, -0.25) is 4.79 Å². The van der Waals surface area contributed by atoms with Crippen molar-refractivity contribution in [3.8, 4) is 6.07 Å². The second-order valence-electron chi connectivity index (χ2n) is 4.23. The minimum Gasteiger partial charge on any atom is -0.480 e.